The lowest BCUT2D eigenvalue weighted by molar-refractivity contribution is -0.137. The molecule has 4 rings (SSSR count). The molecule has 0 bridgehead atoms. The van der Waals surface area contributed by atoms with Crippen molar-refractivity contribution >= 4 is 45.7 Å². The molecule has 3 atom stereocenters. The number of aromatic nitrogens is 1. The zero-order chi connectivity index (χ0) is 25.2. The summed E-state index contributed by atoms with van der Waals surface area (Å²) in [6.07, 6.45) is -0.570. The van der Waals surface area contributed by atoms with Gasteiger partial charge in [-0.15, -0.1) is 11.3 Å². The number of nitrogens with one attached hydrogen (secondary N) is 2. The average molecular weight is 545 g/mol. The Balaban J connectivity index is 1.52. The molecule has 35 heavy (non-hydrogen) atoms. The second kappa shape index (κ2) is 10.9. The first-order chi connectivity index (χ1) is 16.6. The maximum atomic E-state index is 14.9. The Labute approximate surface area is 215 Å². The van der Waals surface area contributed by atoms with Gasteiger partial charge in [-0.2, -0.15) is 13.2 Å². The van der Waals surface area contributed by atoms with Crippen molar-refractivity contribution in [1.82, 2.24) is 9.88 Å². The van der Waals surface area contributed by atoms with Crippen molar-refractivity contribution in [3.05, 3.63) is 69.9 Å². The van der Waals surface area contributed by atoms with Crippen molar-refractivity contribution in [3.63, 3.8) is 0 Å². The van der Waals surface area contributed by atoms with Crippen LogP contribution < -0.4 is 10.0 Å². The fourth-order valence-corrected chi connectivity index (χ4v) is 6.04. The topological polar surface area (TPSA) is 40.2 Å². The molecular weight excluding hydrogens is 520 g/mol. The van der Waals surface area contributed by atoms with Gasteiger partial charge in [0, 0.05) is 23.7 Å². The van der Waals surface area contributed by atoms with Crippen LogP contribution in [0.25, 0.3) is 0 Å². The normalized spacial score (nSPS) is 20.7. The Hall–Kier alpha value is -2.01. The van der Waals surface area contributed by atoms with E-state index >= 15 is 0 Å². The van der Waals surface area contributed by atoms with Crippen LogP contribution in [0.5, 0.6) is 0 Å². The number of alkyl halides is 3. The van der Waals surface area contributed by atoms with Gasteiger partial charge in [0.05, 0.1) is 21.2 Å². The highest BCUT2D eigenvalue weighted by molar-refractivity contribution is 8.00. The quantitative estimate of drug-likeness (QED) is 0.235. The molecule has 188 valence electrons. The first kappa shape index (κ1) is 26.1. The molecule has 0 saturated heterocycles. The third-order valence-corrected chi connectivity index (χ3v) is 8.16. The summed E-state index contributed by atoms with van der Waals surface area (Å²) in [7, 11) is 3.94. The van der Waals surface area contributed by atoms with E-state index in [1.54, 1.807) is 18.3 Å². The number of hydrogen-bond acceptors (Lipinski definition) is 6. The van der Waals surface area contributed by atoms with E-state index in [4.69, 9.17) is 11.6 Å². The Morgan fingerprint density at radius 3 is 2.66 bits per heavy atom. The number of anilines is 2. The highest BCUT2D eigenvalue weighted by Gasteiger charge is 2.35. The maximum absolute atomic E-state index is 14.9. The number of hydrogen-bond donors (Lipinski definition) is 2. The van der Waals surface area contributed by atoms with E-state index in [1.807, 2.05) is 19.5 Å². The molecule has 4 nitrogen and oxygen atoms in total. The Kier molecular flexibility index (Phi) is 8.15. The van der Waals surface area contributed by atoms with Crippen molar-refractivity contribution in [3.8, 4) is 0 Å². The molecule has 0 amide bonds. The van der Waals surface area contributed by atoms with Crippen LogP contribution in [-0.2, 0) is 6.18 Å². The van der Waals surface area contributed by atoms with Crippen LogP contribution in [-0.4, -0.2) is 36.1 Å². The fraction of sp³-hybridized carbons (Fsp3) is 0.375. The van der Waals surface area contributed by atoms with E-state index < -0.39 is 17.6 Å². The van der Waals surface area contributed by atoms with Crippen LogP contribution in [0.1, 0.15) is 36.3 Å². The molecule has 1 fully saturated rings. The van der Waals surface area contributed by atoms with E-state index in [0.29, 0.717) is 32.7 Å². The molecule has 3 aromatic rings. The minimum absolute atomic E-state index is 0.0491. The fourth-order valence-electron chi connectivity index (χ4n) is 4.49. The number of rotatable bonds is 7. The van der Waals surface area contributed by atoms with Gasteiger partial charge in [0.15, 0.2) is 5.13 Å². The third kappa shape index (κ3) is 6.41. The number of halogens is 5. The summed E-state index contributed by atoms with van der Waals surface area (Å²) in [6.45, 7) is 0. The predicted molar refractivity (Wildman–Crippen MR) is 136 cm³/mol. The van der Waals surface area contributed by atoms with Gasteiger partial charge in [-0.25, -0.2) is 9.37 Å². The zero-order valence-corrected chi connectivity index (χ0v) is 21.5. The monoisotopic (exact) mass is 544 g/mol. The highest BCUT2D eigenvalue weighted by Crippen LogP contribution is 2.40. The molecule has 0 radical (unpaired) electrons. The molecule has 11 heteroatoms. The van der Waals surface area contributed by atoms with Crippen molar-refractivity contribution in [2.45, 2.75) is 48.3 Å². The van der Waals surface area contributed by atoms with Crippen LogP contribution in [0.2, 0.25) is 5.02 Å². The van der Waals surface area contributed by atoms with E-state index in [9.17, 15) is 17.6 Å². The number of likely N-dealkylation sites (N-methyl/N-ethyl adjacent to an activating group) is 1. The summed E-state index contributed by atoms with van der Waals surface area (Å²) in [5.74, 6) is -0.482. The summed E-state index contributed by atoms with van der Waals surface area (Å²) in [5.41, 5.74) is 0.490. The minimum atomic E-state index is -4.38. The number of nitrogens with zero attached hydrogens (tertiary/aromatic N) is 2. The second-order valence-electron chi connectivity index (χ2n) is 8.72. The van der Waals surface area contributed by atoms with Crippen LogP contribution in [0, 0.1) is 5.82 Å². The molecule has 0 aliphatic heterocycles. The van der Waals surface area contributed by atoms with Gasteiger partial charge in [0.1, 0.15) is 5.82 Å². The third-order valence-electron chi connectivity index (χ3n) is 6.21. The second-order valence-corrected chi connectivity index (χ2v) is 10.9. The predicted octanol–water partition coefficient (Wildman–Crippen LogP) is 7.75. The van der Waals surface area contributed by atoms with Gasteiger partial charge in [0.2, 0.25) is 0 Å². The standard InChI is InChI=1S/C24H25ClF4N4S2/c1-33(2)21-7-6-15(14-4-3-5-16(10-14)24(27,28)29)11-20(21)31-19-13-18(26)22(12-17(19)25)35-32-23-30-8-9-34-23/h3-5,8-10,12-13,15,20-21,31H,6-7,11H2,1-2H3,(H,30,32)/t15-,20?,21+/m0/s1. The highest BCUT2D eigenvalue weighted by atomic mass is 35.5. The van der Waals surface area contributed by atoms with Gasteiger partial charge in [-0.3, -0.25) is 0 Å². The summed E-state index contributed by atoms with van der Waals surface area (Å²) < 4.78 is 57.6. The zero-order valence-electron chi connectivity index (χ0n) is 19.1. The minimum Gasteiger partial charge on any atom is -0.379 e. The van der Waals surface area contributed by atoms with Crippen molar-refractivity contribution in [2.75, 3.05) is 24.1 Å². The molecule has 1 heterocycles. The molecule has 2 N–H and O–H groups in total. The van der Waals surface area contributed by atoms with Gasteiger partial charge in [-0.05, 0) is 75.0 Å². The van der Waals surface area contributed by atoms with Crippen molar-refractivity contribution < 1.29 is 17.6 Å². The lowest BCUT2D eigenvalue weighted by Crippen LogP contribution is -2.47. The number of benzene rings is 2. The lowest BCUT2D eigenvalue weighted by Gasteiger charge is -2.41. The van der Waals surface area contributed by atoms with Gasteiger partial charge >= 0.3 is 6.18 Å². The molecule has 1 saturated carbocycles. The van der Waals surface area contributed by atoms with E-state index in [-0.39, 0.29) is 18.0 Å². The SMILES string of the molecule is CN(C)[C@@H]1CC[C@H](c2cccc(C(F)(F)F)c2)CC1Nc1cc(F)c(SNc2nccs2)cc1Cl. The van der Waals surface area contributed by atoms with Gasteiger partial charge in [0.25, 0.3) is 0 Å². The van der Waals surface area contributed by atoms with Crippen molar-refractivity contribution in [1.29, 1.82) is 0 Å². The summed E-state index contributed by atoms with van der Waals surface area (Å²) in [5, 5.41) is 6.23. The van der Waals surface area contributed by atoms with Crippen LogP contribution in [0.3, 0.4) is 0 Å². The maximum Gasteiger partial charge on any atom is 0.416 e. The Morgan fingerprint density at radius 1 is 1.17 bits per heavy atom. The van der Waals surface area contributed by atoms with Crippen LogP contribution in [0.4, 0.5) is 28.4 Å². The first-order valence-corrected chi connectivity index (χ1v) is 13.1. The molecule has 1 unspecified atom stereocenters. The average Bonchev–Trinajstić information content (AvgIpc) is 3.33. The van der Waals surface area contributed by atoms with E-state index in [0.717, 1.165) is 30.9 Å². The van der Waals surface area contributed by atoms with Crippen LogP contribution >= 0.6 is 34.9 Å². The summed E-state index contributed by atoms with van der Waals surface area (Å²) in [6, 6.07) is 8.47. The van der Waals surface area contributed by atoms with E-state index in [1.165, 1.54) is 29.5 Å². The van der Waals surface area contributed by atoms with Gasteiger partial charge in [-0.1, -0.05) is 29.8 Å². The Morgan fingerprint density at radius 2 is 1.97 bits per heavy atom. The molecule has 2 aromatic carbocycles. The molecule has 1 aliphatic rings. The summed E-state index contributed by atoms with van der Waals surface area (Å²) >= 11 is 9.01. The molecular formula is C24H25ClF4N4S2. The molecule has 1 aliphatic carbocycles. The summed E-state index contributed by atoms with van der Waals surface area (Å²) in [4.78, 5) is 6.53. The Bertz CT molecular complexity index is 1140. The van der Waals surface area contributed by atoms with E-state index in [2.05, 4.69) is 19.9 Å². The van der Waals surface area contributed by atoms with Crippen LogP contribution in [0.15, 0.2) is 52.9 Å². The smallest absolute Gasteiger partial charge is 0.379 e. The molecule has 0 spiro atoms. The first-order valence-electron chi connectivity index (χ1n) is 11.0. The molecule has 1 aromatic heterocycles. The number of thiazole rings is 1. The lowest BCUT2D eigenvalue weighted by atomic mass is 9.78. The van der Waals surface area contributed by atoms with Crippen molar-refractivity contribution in [2.24, 2.45) is 0 Å². The van der Waals surface area contributed by atoms with Gasteiger partial charge < -0.3 is 14.9 Å². The largest absolute Gasteiger partial charge is 0.416 e.